The first-order chi connectivity index (χ1) is 24.2. The van der Waals surface area contributed by atoms with Gasteiger partial charge in [-0.3, -0.25) is 0 Å². The number of hydrogen-bond acceptors (Lipinski definition) is 3. The van der Waals surface area contributed by atoms with Crippen molar-refractivity contribution >= 4 is 70.5 Å². The molecule has 4 fully saturated rings. The number of furan rings is 1. The Morgan fingerprint density at radius 3 is 2.00 bits per heavy atom. The fraction of sp³-hybridized carbons (Fsp3) is 0.217. The SMILES string of the molecule is c1ccc2c(c1)-c1cc(N(c3ccc4c(c3)sc3ccccc34)c3ccc4oc5ccccc5c4c3)ccc1C21C2CC3CC(C2)CC1C3. The van der Waals surface area contributed by atoms with Gasteiger partial charge in [-0.15, -0.1) is 11.3 Å². The van der Waals surface area contributed by atoms with Crippen LogP contribution in [0.15, 0.2) is 132 Å². The number of anilines is 3. The maximum absolute atomic E-state index is 6.28. The Hall–Kier alpha value is -4.86. The molecule has 0 N–H and O–H groups in total. The van der Waals surface area contributed by atoms with Crippen LogP contribution in [0.3, 0.4) is 0 Å². The summed E-state index contributed by atoms with van der Waals surface area (Å²) >= 11 is 1.89. The lowest BCUT2D eigenvalue weighted by Crippen LogP contribution is -2.55. The normalized spacial score (nSPS) is 24.8. The molecule has 1 spiro atoms. The van der Waals surface area contributed by atoms with Crippen LogP contribution in [0.1, 0.15) is 43.2 Å². The van der Waals surface area contributed by atoms with Gasteiger partial charge in [-0.25, -0.2) is 0 Å². The Bertz CT molecular complexity index is 2630. The average Bonchev–Trinajstić information content (AvgIpc) is 3.78. The van der Waals surface area contributed by atoms with Crippen LogP contribution in [0, 0.1) is 23.7 Å². The van der Waals surface area contributed by atoms with E-state index in [0.29, 0.717) is 0 Å². The van der Waals surface area contributed by atoms with E-state index in [2.05, 4.69) is 132 Å². The number of rotatable bonds is 3. The number of nitrogens with zero attached hydrogens (tertiary/aromatic N) is 1. The molecule has 0 atom stereocenters. The molecule has 0 aliphatic heterocycles. The Labute approximate surface area is 289 Å². The molecule has 2 nitrogen and oxygen atoms in total. The van der Waals surface area contributed by atoms with Crippen LogP contribution < -0.4 is 4.90 Å². The molecule has 6 aromatic carbocycles. The summed E-state index contributed by atoms with van der Waals surface area (Å²) in [5.41, 5.74) is 11.7. The first-order valence-corrected chi connectivity index (χ1v) is 18.9. The summed E-state index contributed by atoms with van der Waals surface area (Å²) in [5, 5.41) is 4.97. The van der Waals surface area contributed by atoms with E-state index in [9.17, 15) is 0 Å². The van der Waals surface area contributed by atoms with Gasteiger partial charge in [-0.05, 0) is 133 Å². The molecule has 5 aliphatic carbocycles. The topological polar surface area (TPSA) is 16.4 Å². The van der Waals surface area contributed by atoms with Crippen LogP contribution in [0.4, 0.5) is 17.1 Å². The highest BCUT2D eigenvalue weighted by Gasteiger charge is 2.61. The van der Waals surface area contributed by atoms with Crippen molar-refractivity contribution in [2.45, 2.75) is 37.5 Å². The third kappa shape index (κ3) is 3.56. The molecule has 4 bridgehead atoms. The van der Waals surface area contributed by atoms with Gasteiger partial charge in [0.25, 0.3) is 0 Å². The Balaban J connectivity index is 1.09. The van der Waals surface area contributed by atoms with Gasteiger partial charge in [0.05, 0.1) is 0 Å². The molecule has 5 aliphatic rings. The van der Waals surface area contributed by atoms with Gasteiger partial charge in [-0.1, -0.05) is 72.8 Å². The van der Waals surface area contributed by atoms with Crippen molar-refractivity contribution in [2.24, 2.45) is 23.7 Å². The molecule has 2 aromatic heterocycles. The van der Waals surface area contributed by atoms with Crippen molar-refractivity contribution in [2.75, 3.05) is 4.90 Å². The van der Waals surface area contributed by atoms with Gasteiger partial charge in [0.1, 0.15) is 11.2 Å². The minimum Gasteiger partial charge on any atom is -0.456 e. The Morgan fingerprint density at radius 2 is 1.12 bits per heavy atom. The lowest BCUT2D eigenvalue weighted by Gasteiger charge is -2.61. The Kier molecular flexibility index (Phi) is 5.32. The standard InChI is InChI=1S/C46H35NOS/c1-4-10-40-34(7-1)38-24-31(14-17-41(38)46(40)29-20-27-19-28(22-29)23-30(46)21-27)47(32-15-18-43-39(25-32)35-8-2-5-11-42(35)48-43)33-13-16-37-36-9-3-6-12-44(36)49-45(37)26-33/h1-18,24-30H,19-23H2. The van der Waals surface area contributed by atoms with Crippen LogP contribution in [-0.4, -0.2) is 0 Å². The summed E-state index contributed by atoms with van der Waals surface area (Å²) in [4.78, 5) is 2.48. The molecule has 0 saturated heterocycles. The maximum Gasteiger partial charge on any atom is 0.135 e. The number of benzene rings is 6. The highest BCUT2D eigenvalue weighted by molar-refractivity contribution is 7.25. The zero-order valence-electron chi connectivity index (χ0n) is 27.2. The smallest absolute Gasteiger partial charge is 0.135 e. The molecule has 236 valence electrons. The third-order valence-corrected chi connectivity index (χ3v) is 14.2. The van der Waals surface area contributed by atoms with Crippen LogP contribution in [0.5, 0.6) is 0 Å². The molecule has 13 rings (SSSR count). The van der Waals surface area contributed by atoms with Crippen molar-refractivity contribution in [3.8, 4) is 11.1 Å². The fourth-order valence-corrected chi connectivity index (χ4v) is 12.6. The predicted octanol–water partition coefficient (Wildman–Crippen LogP) is 13.1. The molecular weight excluding hydrogens is 615 g/mol. The van der Waals surface area contributed by atoms with Gasteiger partial charge in [0, 0.05) is 53.4 Å². The van der Waals surface area contributed by atoms with Crippen LogP contribution >= 0.6 is 11.3 Å². The van der Waals surface area contributed by atoms with Crippen LogP contribution in [0.25, 0.3) is 53.2 Å². The highest BCUT2D eigenvalue weighted by atomic mass is 32.1. The minimum atomic E-state index is 0.174. The first-order valence-electron chi connectivity index (χ1n) is 18.1. The zero-order valence-corrected chi connectivity index (χ0v) is 28.0. The molecule has 8 aromatic rings. The summed E-state index contributed by atoms with van der Waals surface area (Å²) < 4.78 is 8.94. The molecular formula is C46H35NOS. The maximum atomic E-state index is 6.28. The van der Waals surface area contributed by atoms with Gasteiger partial charge in [-0.2, -0.15) is 0 Å². The molecule has 0 unspecified atom stereocenters. The summed E-state index contributed by atoms with van der Waals surface area (Å²) in [6, 6.07) is 47.9. The van der Waals surface area contributed by atoms with E-state index in [1.54, 1.807) is 11.1 Å². The number of hydrogen-bond donors (Lipinski definition) is 0. The number of fused-ring (bicyclic) bond motifs is 9. The number of para-hydroxylation sites is 1. The van der Waals surface area contributed by atoms with Gasteiger partial charge < -0.3 is 9.32 Å². The second-order valence-electron chi connectivity index (χ2n) is 15.3. The van der Waals surface area contributed by atoms with E-state index in [1.807, 2.05) is 11.3 Å². The Morgan fingerprint density at radius 1 is 0.490 bits per heavy atom. The van der Waals surface area contributed by atoms with Crippen molar-refractivity contribution in [3.05, 3.63) is 139 Å². The summed E-state index contributed by atoms with van der Waals surface area (Å²) in [6.07, 6.45) is 7.10. The minimum absolute atomic E-state index is 0.174. The van der Waals surface area contributed by atoms with Gasteiger partial charge in [0.15, 0.2) is 0 Å². The van der Waals surface area contributed by atoms with E-state index in [1.165, 1.54) is 74.8 Å². The first kappa shape index (κ1) is 27.0. The third-order valence-electron chi connectivity index (χ3n) is 13.0. The monoisotopic (exact) mass is 649 g/mol. The van der Waals surface area contributed by atoms with Crippen molar-refractivity contribution in [3.63, 3.8) is 0 Å². The van der Waals surface area contributed by atoms with E-state index < -0.39 is 0 Å². The molecule has 49 heavy (non-hydrogen) atoms. The van der Waals surface area contributed by atoms with Gasteiger partial charge >= 0.3 is 0 Å². The zero-order chi connectivity index (χ0) is 31.8. The predicted molar refractivity (Wildman–Crippen MR) is 205 cm³/mol. The second-order valence-corrected chi connectivity index (χ2v) is 16.4. The lowest BCUT2D eigenvalue weighted by molar-refractivity contribution is -0.0399. The van der Waals surface area contributed by atoms with Crippen molar-refractivity contribution < 1.29 is 4.42 Å². The molecule has 0 amide bonds. The number of thiophene rings is 1. The quantitative estimate of drug-likeness (QED) is 0.189. The molecule has 0 radical (unpaired) electrons. The largest absolute Gasteiger partial charge is 0.456 e. The van der Waals surface area contributed by atoms with Crippen LogP contribution in [0.2, 0.25) is 0 Å². The van der Waals surface area contributed by atoms with E-state index >= 15 is 0 Å². The summed E-state index contributed by atoms with van der Waals surface area (Å²) in [6.45, 7) is 0. The highest BCUT2D eigenvalue weighted by Crippen LogP contribution is 2.69. The van der Waals surface area contributed by atoms with E-state index in [-0.39, 0.29) is 5.41 Å². The van der Waals surface area contributed by atoms with Crippen molar-refractivity contribution in [1.82, 2.24) is 0 Å². The molecule has 4 saturated carbocycles. The van der Waals surface area contributed by atoms with E-state index in [0.717, 1.165) is 51.3 Å². The van der Waals surface area contributed by atoms with E-state index in [4.69, 9.17) is 4.42 Å². The van der Waals surface area contributed by atoms with Crippen molar-refractivity contribution in [1.29, 1.82) is 0 Å². The fourth-order valence-electron chi connectivity index (χ4n) is 11.4. The molecule has 2 heterocycles. The average molecular weight is 650 g/mol. The lowest BCUT2D eigenvalue weighted by atomic mass is 9.43. The summed E-state index contributed by atoms with van der Waals surface area (Å²) in [7, 11) is 0. The second kappa shape index (κ2) is 9.64. The summed E-state index contributed by atoms with van der Waals surface area (Å²) in [5.74, 6) is 3.41. The van der Waals surface area contributed by atoms with Crippen LogP contribution in [-0.2, 0) is 5.41 Å². The molecule has 3 heteroatoms. The van der Waals surface area contributed by atoms with Gasteiger partial charge in [0.2, 0.25) is 0 Å².